The van der Waals surface area contributed by atoms with Gasteiger partial charge in [-0.1, -0.05) is 0 Å². The highest BCUT2D eigenvalue weighted by molar-refractivity contribution is 6.07. The molecule has 1 aromatic carbocycles. The molecule has 0 fully saturated rings. The molecule has 0 atom stereocenters. The molecule has 0 spiro atoms. The minimum absolute atomic E-state index is 0.145. The van der Waals surface area contributed by atoms with Crippen LogP contribution < -0.4 is 10.6 Å². The maximum absolute atomic E-state index is 13.0. The fourth-order valence-corrected chi connectivity index (χ4v) is 1.93. The van der Waals surface area contributed by atoms with Crippen LogP contribution in [0.25, 0.3) is 0 Å². The van der Waals surface area contributed by atoms with E-state index in [4.69, 9.17) is 5.73 Å². The molecule has 2 rings (SSSR count). The number of benzene rings is 1. The fraction of sp³-hybridized carbons (Fsp3) is 0.200. The van der Waals surface area contributed by atoms with Gasteiger partial charge in [0.1, 0.15) is 11.6 Å². The van der Waals surface area contributed by atoms with Crippen LogP contribution in [0.3, 0.4) is 0 Å². The third kappa shape index (κ3) is 3.55. The summed E-state index contributed by atoms with van der Waals surface area (Å²) in [6, 6.07) is 7.04. The molecule has 0 bridgehead atoms. The summed E-state index contributed by atoms with van der Waals surface area (Å²) in [6.07, 6.45) is 3.23. The second-order valence-corrected chi connectivity index (χ2v) is 4.47. The molecule has 6 heteroatoms. The highest BCUT2D eigenvalue weighted by Crippen LogP contribution is 2.22. The van der Waals surface area contributed by atoms with Crippen LogP contribution in [-0.2, 0) is 0 Å². The number of anilines is 1. The van der Waals surface area contributed by atoms with E-state index in [1.165, 1.54) is 47.6 Å². The van der Waals surface area contributed by atoms with Crippen molar-refractivity contribution in [3.63, 3.8) is 0 Å². The molecule has 5 nitrogen and oxygen atoms in total. The molecular formula is C15H16FN3O2. The Labute approximate surface area is 121 Å². The van der Waals surface area contributed by atoms with Gasteiger partial charge >= 0.3 is 0 Å². The van der Waals surface area contributed by atoms with Gasteiger partial charge in [0.25, 0.3) is 5.91 Å². The molecule has 1 heterocycles. The van der Waals surface area contributed by atoms with Crippen molar-refractivity contribution in [2.24, 2.45) is 5.73 Å². The first-order valence-corrected chi connectivity index (χ1v) is 6.54. The van der Waals surface area contributed by atoms with E-state index >= 15 is 0 Å². The Morgan fingerprint density at radius 1 is 1.29 bits per heavy atom. The van der Waals surface area contributed by atoms with Crippen molar-refractivity contribution in [2.75, 3.05) is 18.0 Å². The molecular weight excluding hydrogens is 273 g/mol. The molecule has 110 valence electrons. The van der Waals surface area contributed by atoms with Crippen LogP contribution in [0.2, 0.25) is 0 Å². The lowest BCUT2D eigenvalue weighted by molar-refractivity contribution is 0.0984. The van der Waals surface area contributed by atoms with Crippen molar-refractivity contribution in [1.82, 2.24) is 4.98 Å². The number of amides is 1. The lowest BCUT2D eigenvalue weighted by Crippen LogP contribution is -2.33. The minimum Gasteiger partial charge on any atom is -0.505 e. The van der Waals surface area contributed by atoms with Crippen LogP contribution >= 0.6 is 0 Å². The Balaban J connectivity index is 2.33. The van der Waals surface area contributed by atoms with Crippen molar-refractivity contribution < 1.29 is 14.3 Å². The summed E-state index contributed by atoms with van der Waals surface area (Å²) in [5, 5.41) is 9.75. The van der Waals surface area contributed by atoms with E-state index in [0.717, 1.165) is 0 Å². The van der Waals surface area contributed by atoms with Crippen LogP contribution in [0.5, 0.6) is 5.75 Å². The zero-order valence-corrected chi connectivity index (χ0v) is 11.4. The van der Waals surface area contributed by atoms with Gasteiger partial charge < -0.3 is 15.7 Å². The summed E-state index contributed by atoms with van der Waals surface area (Å²) >= 11 is 0. The van der Waals surface area contributed by atoms with E-state index in [-0.39, 0.29) is 23.0 Å². The van der Waals surface area contributed by atoms with Gasteiger partial charge in [-0.3, -0.25) is 9.78 Å². The molecule has 3 N–H and O–H groups in total. The standard InChI is InChI=1S/C15H16FN3O2/c16-11-2-4-12(5-3-11)19(9-1-7-17)15(21)13-6-8-18-10-14(13)20/h2-6,8,10,20H,1,7,9,17H2. The molecule has 2 aromatic rings. The van der Waals surface area contributed by atoms with Crippen molar-refractivity contribution in [3.05, 3.63) is 54.1 Å². The van der Waals surface area contributed by atoms with E-state index in [1.54, 1.807) is 0 Å². The summed E-state index contributed by atoms with van der Waals surface area (Å²) in [6.45, 7) is 0.802. The monoisotopic (exact) mass is 289 g/mol. The van der Waals surface area contributed by atoms with Crippen LogP contribution in [0, 0.1) is 5.82 Å². The quantitative estimate of drug-likeness (QED) is 0.881. The highest BCUT2D eigenvalue weighted by Gasteiger charge is 2.20. The number of hydrogen-bond donors (Lipinski definition) is 2. The van der Waals surface area contributed by atoms with E-state index in [1.807, 2.05) is 0 Å². The smallest absolute Gasteiger partial charge is 0.262 e. The molecule has 0 aliphatic rings. The summed E-state index contributed by atoms with van der Waals surface area (Å²) in [7, 11) is 0. The molecule has 0 aliphatic carbocycles. The van der Waals surface area contributed by atoms with Crippen molar-refractivity contribution in [2.45, 2.75) is 6.42 Å². The Hall–Kier alpha value is -2.47. The number of aromatic hydroxyl groups is 1. The fourth-order valence-electron chi connectivity index (χ4n) is 1.93. The number of halogens is 1. The van der Waals surface area contributed by atoms with E-state index < -0.39 is 0 Å². The summed E-state index contributed by atoms with van der Waals surface area (Å²) in [5.41, 5.74) is 6.18. The zero-order chi connectivity index (χ0) is 15.2. The van der Waals surface area contributed by atoms with Crippen LogP contribution in [0.15, 0.2) is 42.7 Å². The number of carbonyl (C=O) groups excluding carboxylic acids is 1. The molecule has 0 radical (unpaired) electrons. The SMILES string of the molecule is NCCCN(C(=O)c1ccncc1O)c1ccc(F)cc1. The second-order valence-electron chi connectivity index (χ2n) is 4.47. The van der Waals surface area contributed by atoms with Gasteiger partial charge in [0, 0.05) is 18.4 Å². The number of carbonyl (C=O) groups is 1. The van der Waals surface area contributed by atoms with Gasteiger partial charge in [0.2, 0.25) is 0 Å². The average molecular weight is 289 g/mol. The molecule has 1 amide bonds. The second kappa shape index (κ2) is 6.81. The summed E-state index contributed by atoms with van der Waals surface area (Å²) in [4.78, 5) is 17.8. The lowest BCUT2D eigenvalue weighted by Gasteiger charge is -2.23. The average Bonchev–Trinajstić information content (AvgIpc) is 2.49. The lowest BCUT2D eigenvalue weighted by atomic mass is 10.2. The van der Waals surface area contributed by atoms with Gasteiger partial charge in [0.15, 0.2) is 0 Å². The molecule has 0 saturated carbocycles. The van der Waals surface area contributed by atoms with Crippen LogP contribution in [0.1, 0.15) is 16.8 Å². The first-order valence-electron chi connectivity index (χ1n) is 6.54. The number of nitrogens with two attached hydrogens (primary N) is 1. The Morgan fingerprint density at radius 2 is 2.00 bits per heavy atom. The van der Waals surface area contributed by atoms with Gasteiger partial charge in [-0.25, -0.2) is 4.39 Å². The van der Waals surface area contributed by atoms with Crippen LogP contribution in [0.4, 0.5) is 10.1 Å². The van der Waals surface area contributed by atoms with Gasteiger partial charge in [-0.15, -0.1) is 0 Å². The van der Waals surface area contributed by atoms with E-state index in [2.05, 4.69) is 4.98 Å². The number of rotatable bonds is 5. The molecule has 21 heavy (non-hydrogen) atoms. The third-order valence-corrected chi connectivity index (χ3v) is 3.00. The number of nitrogens with zero attached hydrogens (tertiary/aromatic N) is 2. The number of pyridine rings is 1. The van der Waals surface area contributed by atoms with E-state index in [0.29, 0.717) is 25.2 Å². The van der Waals surface area contributed by atoms with Gasteiger partial charge in [0.05, 0.1) is 11.8 Å². The van der Waals surface area contributed by atoms with Crippen LogP contribution in [-0.4, -0.2) is 29.1 Å². The third-order valence-electron chi connectivity index (χ3n) is 3.00. The topological polar surface area (TPSA) is 79.5 Å². The largest absolute Gasteiger partial charge is 0.505 e. The Bertz CT molecular complexity index is 617. The maximum Gasteiger partial charge on any atom is 0.262 e. The molecule has 1 aromatic heterocycles. The molecule has 0 unspecified atom stereocenters. The Morgan fingerprint density at radius 3 is 2.62 bits per heavy atom. The molecule has 0 aliphatic heterocycles. The first kappa shape index (κ1) is 14.9. The predicted octanol–water partition coefficient (Wildman–Crippen LogP) is 1.92. The van der Waals surface area contributed by atoms with Gasteiger partial charge in [-0.05, 0) is 43.3 Å². The number of aromatic nitrogens is 1. The predicted molar refractivity (Wildman–Crippen MR) is 77.6 cm³/mol. The minimum atomic E-state index is -0.380. The summed E-state index contributed by atoms with van der Waals surface area (Å²) < 4.78 is 13.0. The summed E-state index contributed by atoms with van der Waals surface area (Å²) in [5.74, 6) is -0.950. The van der Waals surface area contributed by atoms with Crippen molar-refractivity contribution >= 4 is 11.6 Å². The van der Waals surface area contributed by atoms with Crippen molar-refractivity contribution in [1.29, 1.82) is 0 Å². The Kier molecular flexibility index (Phi) is 4.84. The van der Waals surface area contributed by atoms with E-state index in [9.17, 15) is 14.3 Å². The van der Waals surface area contributed by atoms with Crippen molar-refractivity contribution in [3.8, 4) is 5.75 Å². The van der Waals surface area contributed by atoms with Gasteiger partial charge in [-0.2, -0.15) is 0 Å². The molecule has 0 saturated heterocycles. The maximum atomic E-state index is 13.0. The zero-order valence-electron chi connectivity index (χ0n) is 11.4. The number of hydrogen-bond acceptors (Lipinski definition) is 4. The first-order chi connectivity index (χ1) is 10.1. The highest BCUT2D eigenvalue weighted by atomic mass is 19.1. The normalized spacial score (nSPS) is 10.4.